The number of benzene rings is 2. The molecule has 1 aromatic heterocycles. The molecule has 1 aliphatic heterocycles. The number of carbonyl (C=O) groups excluding carboxylic acids is 1. The summed E-state index contributed by atoms with van der Waals surface area (Å²) in [6.07, 6.45) is 1.16. The Morgan fingerprint density at radius 2 is 2.04 bits per heavy atom. The topological polar surface area (TPSA) is 68.5 Å². The highest BCUT2D eigenvalue weighted by Crippen LogP contribution is 2.34. The summed E-state index contributed by atoms with van der Waals surface area (Å²) in [7, 11) is 1.63. The van der Waals surface area contributed by atoms with E-state index in [2.05, 4.69) is 10.1 Å². The van der Waals surface area contributed by atoms with E-state index in [0.717, 1.165) is 16.9 Å². The highest BCUT2D eigenvalue weighted by atomic mass is 16.5. The molecule has 2 aromatic carbocycles. The number of ether oxygens (including phenoxy) is 1. The van der Waals surface area contributed by atoms with Crippen molar-refractivity contribution in [2.75, 3.05) is 7.11 Å². The minimum atomic E-state index is -0.196. The Kier molecular flexibility index (Phi) is 4.39. The zero-order valence-corrected chi connectivity index (χ0v) is 14.5. The summed E-state index contributed by atoms with van der Waals surface area (Å²) in [5.74, 6) is 1.89. The van der Waals surface area contributed by atoms with Crippen LogP contribution in [0.5, 0.6) is 5.75 Å². The molecule has 0 N–H and O–H groups in total. The van der Waals surface area contributed by atoms with Crippen molar-refractivity contribution in [2.45, 2.75) is 25.4 Å². The largest absolute Gasteiger partial charge is 0.497 e. The van der Waals surface area contributed by atoms with Gasteiger partial charge in [-0.15, -0.1) is 0 Å². The molecule has 0 bridgehead atoms. The van der Waals surface area contributed by atoms with Crippen LogP contribution in [0, 0.1) is 0 Å². The van der Waals surface area contributed by atoms with E-state index in [9.17, 15) is 4.79 Å². The van der Waals surface area contributed by atoms with Gasteiger partial charge < -0.3 is 14.2 Å². The second-order valence-electron chi connectivity index (χ2n) is 6.25. The van der Waals surface area contributed by atoms with Gasteiger partial charge in [0.1, 0.15) is 11.8 Å². The van der Waals surface area contributed by atoms with Crippen LogP contribution in [0.1, 0.15) is 30.3 Å². The van der Waals surface area contributed by atoms with Crippen LogP contribution in [-0.2, 0) is 11.3 Å². The highest BCUT2D eigenvalue weighted by Gasteiger charge is 2.36. The Morgan fingerprint density at radius 3 is 2.85 bits per heavy atom. The van der Waals surface area contributed by atoms with Crippen molar-refractivity contribution in [3.63, 3.8) is 0 Å². The van der Waals surface area contributed by atoms with Crippen molar-refractivity contribution in [1.29, 1.82) is 0 Å². The van der Waals surface area contributed by atoms with Crippen LogP contribution >= 0.6 is 0 Å². The summed E-state index contributed by atoms with van der Waals surface area (Å²) in [6.45, 7) is 0.490. The van der Waals surface area contributed by atoms with Crippen molar-refractivity contribution in [3.05, 3.63) is 66.1 Å². The van der Waals surface area contributed by atoms with E-state index < -0.39 is 0 Å². The van der Waals surface area contributed by atoms with Crippen LogP contribution in [-0.4, -0.2) is 28.1 Å². The minimum absolute atomic E-state index is 0.0947. The summed E-state index contributed by atoms with van der Waals surface area (Å²) in [6, 6.07) is 17.2. The second-order valence-corrected chi connectivity index (χ2v) is 6.25. The van der Waals surface area contributed by atoms with E-state index in [1.807, 2.05) is 54.6 Å². The molecule has 1 atom stereocenters. The van der Waals surface area contributed by atoms with Gasteiger partial charge in [-0.25, -0.2) is 0 Å². The number of likely N-dealkylation sites (tertiary alicyclic amines) is 1. The van der Waals surface area contributed by atoms with Gasteiger partial charge in [0, 0.05) is 18.5 Å². The third-order valence-electron chi connectivity index (χ3n) is 4.57. The molecular formula is C20H19N3O3. The number of amides is 1. The first kappa shape index (κ1) is 16.3. The number of hydrogen-bond acceptors (Lipinski definition) is 5. The average Bonchev–Trinajstić information content (AvgIpc) is 3.30. The van der Waals surface area contributed by atoms with Crippen molar-refractivity contribution in [2.24, 2.45) is 0 Å². The Balaban J connectivity index is 1.57. The standard InChI is InChI=1S/C20H19N3O3/c1-25-16-9-5-6-14(12-16)13-23-17(10-11-18(23)24)20-21-19(22-26-20)15-7-3-2-4-8-15/h2-9,12,17H,10-11,13H2,1H3. The molecule has 3 aromatic rings. The number of rotatable bonds is 5. The average molecular weight is 349 g/mol. The lowest BCUT2D eigenvalue weighted by molar-refractivity contribution is -0.130. The van der Waals surface area contributed by atoms with Gasteiger partial charge in [0.2, 0.25) is 17.6 Å². The fraction of sp³-hybridized carbons (Fsp3) is 0.250. The predicted octanol–water partition coefficient (Wildman–Crippen LogP) is 3.61. The molecule has 1 amide bonds. The molecule has 1 fully saturated rings. The van der Waals surface area contributed by atoms with Gasteiger partial charge in [0.15, 0.2) is 0 Å². The first-order chi connectivity index (χ1) is 12.7. The van der Waals surface area contributed by atoms with Crippen molar-refractivity contribution in [3.8, 4) is 17.1 Å². The molecule has 0 spiro atoms. The monoisotopic (exact) mass is 349 g/mol. The molecular weight excluding hydrogens is 330 g/mol. The predicted molar refractivity (Wildman–Crippen MR) is 95.3 cm³/mol. The third-order valence-corrected chi connectivity index (χ3v) is 4.57. The SMILES string of the molecule is COc1cccc(CN2C(=O)CCC2c2nc(-c3ccccc3)no2)c1. The van der Waals surface area contributed by atoms with Crippen LogP contribution < -0.4 is 4.74 Å². The summed E-state index contributed by atoms with van der Waals surface area (Å²) < 4.78 is 10.8. The van der Waals surface area contributed by atoms with Gasteiger partial charge in [-0.3, -0.25) is 4.79 Å². The Bertz CT molecular complexity index is 907. The maximum Gasteiger partial charge on any atom is 0.249 e. The van der Waals surface area contributed by atoms with Crippen molar-refractivity contribution >= 4 is 5.91 Å². The van der Waals surface area contributed by atoms with Gasteiger partial charge >= 0.3 is 0 Å². The summed E-state index contributed by atoms with van der Waals surface area (Å²) in [5, 5.41) is 4.08. The zero-order valence-electron chi connectivity index (χ0n) is 14.5. The van der Waals surface area contributed by atoms with Crippen LogP contribution in [0.15, 0.2) is 59.1 Å². The van der Waals surface area contributed by atoms with Crippen molar-refractivity contribution in [1.82, 2.24) is 15.0 Å². The lowest BCUT2D eigenvalue weighted by atomic mass is 10.1. The number of methoxy groups -OCH3 is 1. The van der Waals surface area contributed by atoms with Gasteiger partial charge in [-0.2, -0.15) is 4.98 Å². The second kappa shape index (κ2) is 7.00. The van der Waals surface area contributed by atoms with E-state index in [1.165, 1.54) is 0 Å². The lowest BCUT2D eigenvalue weighted by Gasteiger charge is -2.22. The molecule has 1 aliphatic rings. The molecule has 0 aliphatic carbocycles. The number of carbonyl (C=O) groups is 1. The summed E-state index contributed by atoms with van der Waals surface area (Å²) in [4.78, 5) is 18.7. The van der Waals surface area contributed by atoms with E-state index >= 15 is 0 Å². The molecule has 0 radical (unpaired) electrons. The molecule has 2 heterocycles. The van der Waals surface area contributed by atoms with E-state index in [0.29, 0.717) is 31.1 Å². The fourth-order valence-corrected chi connectivity index (χ4v) is 3.23. The Hall–Kier alpha value is -3.15. The van der Waals surface area contributed by atoms with Crippen molar-refractivity contribution < 1.29 is 14.1 Å². The third kappa shape index (κ3) is 3.18. The molecule has 4 rings (SSSR count). The number of hydrogen-bond donors (Lipinski definition) is 0. The van der Waals surface area contributed by atoms with Crippen LogP contribution in [0.4, 0.5) is 0 Å². The first-order valence-electron chi connectivity index (χ1n) is 8.56. The normalized spacial score (nSPS) is 16.9. The molecule has 1 unspecified atom stereocenters. The van der Waals surface area contributed by atoms with E-state index in [1.54, 1.807) is 12.0 Å². The van der Waals surface area contributed by atoms with Crippen LogP contribution in [0.25, 0.3) is 11.4 Å². The van der Waals surface area contributed by atoms with E-state index in [-0.39, 0.29) is 11.9 Å². The molecule has 6 nitrogen and oxygen atoms in total. The van der Waals surface area contributed by atoms with Gasteiger partial charge in [-0.05, 0) is 24.1 Å². The van der Waals surface area contributed by atoms with Crippen LogP contribution in [0.3, 0.4) is 0 Å². The van der Waals surface area contributed by atoms with Gasteiger partial charge in [-0.1, -0.05) is 47.6 Å². The molecule has 26 heavy (non-hydrogen) atoms. The Labute approximate surface area is 151 Å². The quantitative estimate of drug-likeness (QED) is 0.704. The maximum absolute atomic E-state index is 12.4. The highest BCUT2D eigenvalue weighted by molar-refractivity contribution is 5.78. The fourth-order valence-electron chi connectivity index (χ4n) is 3.23. The smallest absolute Gasteiger partial charge is 0.249 e. The first-order valence-corrected chi connectivity index (χ1v) is 8.56. The molecule has 132 valence electrons. The molecule has 1 saturated heterocycles. The minimum Gasteiger partial charge on any atom is -0.497 e. The summed E-state index contributed by atoms with van der Waals surface area (Å²) >= 11 is 0. The van der Waals surface area contributed by atoms with E-state index in [4.69, 9.17) is 9.26 Å². The lowest BCUT2D eigenvalue weighted by Crippen LogP contribution is -2.27. The summed E-state index contributed by atoms with van der Waals surface area (Å²) in [5.41, 5.74) is 1.90. The molecule has 6 heteroatoms. The zero-order chi connectivity index (χ0) is 17.9. The van der Waals surface area contributed by atoms with Crippen LogP contribution in [0.2, 0.25) is 0 Å². The maximum atomic E-state index is 12.4. The molecule has 0 saturated carbocycles. The number of aromatic nitrogens is 2. The number of nitrogens with zero attached hydrogens (tertiary/aromatic N) is 3. The van der Waals surface area contributed by atoms with Gasteiger partial charge in [0.05, 0.1) is 7.11 Å². The Morgan fingerprint density at radius 1 is 1.19 bits per heavy atom. The van der Waals surface area contributed by atoms with Gasteiger partial charge in [0.25, 0.3) is 0 Å².